The first-order chi connectivity index (χ1) is 11.9. The molecule has 4 nitrogen and oxygen atoms in total. The summed E-state index contributed by atoms with van der Waals surface area (Å²) in [5.41, 5.74) is 4.42. The monoisotopic (exact) mass is 360 g/mol. The highest BCUT2D eigenvalue weighted by molar-refractivity contribution is 6.55. The summed E-state index contributed by atoms with van der Waals surface area (Å²) < 4.78 is 24.4. The molecule has 0 spiro atoms. The quantitative estimate of drug-likeness (QED) is 0.628. The molecule has 0 unspecified atom stereocenters. The summed E-state index contributed by atoms with van der Waals surface area (Å²) in [4.78, 5) is 0. The molecule has 0 saturated carbocycles. The van der Waals surface area contributed by atoms with Crippen molar-refractivity contribution in [2.24, 2.45) is 0 Å². The van der Waals surface area contributed by atoms with Crippen LogP contribution in [0.1, 0.15) is 36.1 Å². The SMILES string of the molecule is CCO[Si](OCC)(Oc1cccc(C)c1C)Oc1cccc(C)c1C. The van der Waals surface area contributed by atoms with E-state index in [0.29, 0.717) is 13.2 Å². The average Bonchev–Trinajstić information content (AvgIpc) is 2.57. The van der Waals surface area contributed by atoms with E-state index in [1.165, 1.54) is 0 Å². The van der Waals surface area contributed by atoms with E-state index in [1.807, 2.05) is 52.0 Å². The third-order valence-corrected chi connectivity index (χ3v) is 6.45. The first kappa shape index (κ1) is 19.5. The minimum Gasteiger partial charge on any atom is -0.471 e. The lowest BCUT2D eigenvalue weighted by molar-refractivity contribution is 0.0488. The molecule has 0 aromatic heterocycles. The van der Waals surface area contributed by atoms with Crippen molar-refractivity contribution < 1.29 is 17.7 Å². The maximum absolute atomic E-state index is 6.27. The number of rotatable bonds is 8. The zero-order valence-electron chi connectivity index (χ0n) is 16.0. The second-order valence-electron chi connectivity index (χ2n) is 5.97. The van der Waals surface area contributed by atoms with Crippen molar-refractivity contribution >= 4 is 9.05 Å². The van der Waals surface area contributed by atoms with Gasteiger partial charge in [0.1, 0.15) is 11.5 Å². The minimum atomic E-state index is -3.39. The van der Waals surface area contributed by atoms with E-state index in [4.69, 9.17) is 17.7 Å². The zero-order valence-corrected chi connectivity index (χ0v) is 17.0. The topological polar surface area (TPSA) is 36.9 Å². The number of benzene rings is 2. The van der Waals surface area contributed by atoms with Gasteiger partial charge in [0, 0.05) is 13.2 Å². The van der Waals surface area contributed by atoms with Gasteiger partial charge in [0.05, 0.1) is 0 Å². The van der Waals surface area contributed by atoms with E-state index in [9.17, 15) is 0 Å². The van der Waals surface area contributed by atoms with Gasteiger partial charge in [-0.1, -0.05) is 24.3 Å². The Morgan fingerprint density at radius 1 is 0.680 bits per heavy atom. The van der Waals surface area contributed by atoms with Crippen molar-refractivity contribution in [1.82, 2.24) is 0 Å². The minimum absolute atomic E-state index is 0.446. The van der Waals surface area contributed by atoms with Gasteiger partial charge in [0.15, 0.2) is 0 Å². The normalized spacial score (nSPS) is 11.4. The number of aryl methyl sites for hydroxylation is 2. The molecule has 0 saturated heterocycles. The van der Waals surface area contributed by atoms with Crippen molar-refractivity contribution in [3.8, 4) is 11.5 Å². The van der Waals surface area contributed by atoms with Crippen molar-refractivity contribution in [3.05, 3.63) is 58.7 Å². The molecule has 25 heavy (non-hydrogen) atoms. The van der Waals surface area contributed by atoms with Gasteiger partial charge in [-0.25, -0.2) is 0 Å². The molecule has 0 atom stereocenters. The zero-order chi connectivity index (χ0) is 18.4. The molecule has 0 radical (unpaired) electrons. The molecule has 0 heterocycles. The molecule has 0 N–H and O–H groups in total. The van der Waals surface area contributed by atoms with E-state index >= 15 is 0 Å². The number of hydrogen-bond acceptors (Lipinski definition) is 4. The molecule has 0 amide bonds. The Labute approximate surface area is 152 Å². The Hall–Kier alpha value is -1.82. The van der Waals surface area contributed by atoms with Crippen LogP contribution in [0.25, 0.3) is 0 Å². The first-order valence-corrected chi connectivity index (χ1v) is 10.3. The van der Waals surface area contributed by atoms with E-state index in [1.54, 1.807) is 0 Å². The van der Waals surface area contributed by atoms with Crippen molar-refractivity contribution in [2.45, 2.75) is 41.5 Å². The van der Waals surface area contributed by atoms with Crippen molar-refractivity contribution in [2.75, 3.05) is 13.2 Å². The molecular formula is C20H28O4Si. The van der Waals surface area contributed by atoms with Crippen LogP contribution in [-0.2, 0) is 8.85 Å². The van der Waals surface area contributed by atoms with Gasteiger partial charge in [-0.3, -0.25) is 0 Å². The smallest absolute Gasteiger partial charge is 0.471 e. The molecule has 2 rings (SSSR count). The summed E-state index contributed by atoms with van der Waals surface area (Å²) >= 11 is 0. The molecule has 0 aliphatic carbocycles. The Morgan fingerprint density at radius 3 is 1.44 bits per heavy atom. The predicted octanol–water partition coefficient (Wildman–Crippen LogP) is 4.89. The summed E-state index contributed by atoms with van der Waals surface area (Å²) in [5, 5.41) is 0. The lowest BCUT2D eigenvalue weighted by Crippen LogP contribution is -2.55. The Kier molecular flexibility index (Phi) is 6.64. The van der Waals surface area contributed by atoms with Gasteiger partial charge in [-0.2, -0.15) is 0 Å². The third kappa shape index (κ3) is 4.63. The summed E-state index contributed by atoms with van der Waals surface area (Å²) in [5.74, 6) is 1.47. The standard InChI is InChI=1S/C20H28O4Si/c1-7-21-25(22-8-2,23-19-13-9-11-15(3)17(19)5)24-20-14-10-12-16(4)18(20)6/h9-14H,7-8H2,1-6H3. The fourth-order valence-corrected chi connectivity index (χ4v) is 4.52. The van der Waals surface area contributed by atoms with E-state index in [0.717, 1.165) is 33.8 Å². The molecule has 0 bridgehead atoms. The van der Waals surface area contributed by atoms with Gasteiger partial charge >= 0.3 is 9.05 Å². The van der Waals surface area contributed by atoms with Crippen LogP contribution in [0.15, 0.2) is 36.4 Å². The fraction of sp³-hybridized carbons (Fsp3) is 0.400. The molecule has 2 aromatic carbocycles. The number of hydrogen-bond donors (Lipinski definition) is 0. The lowest BCUT2D eigenvalue weighted by Gasteiger charge is -2.29. The summed E-state index contributed by atoms with van der Waals surface area (Å²) in [6.45, 7) is 12.9. The Bertz CT molecular complexity index is 653. The maximum Gasteiger partial charge on any atom is 0.820 e. The highest BCUT2D eigenvalue weighted by Gasteiger charge is 2.51. The van der Waals surface area contributed by atoms with Gasteiger partial charge in [-0.05, 0) is 75.9 Å². The van der Waals surface area contributed by atoms with Crippen molar-refractivity contribution in [1.29, 1.82) is 0 Å². The van der Waals surface area contributed by atoms with E-state index in [-0.39, 0.29) is 0 Å². The Morgan fingerprint density at radius 2 is 1.08 bits per heavy atom. The van der Waals surface area contributed by atoms with Crippen LogP contribution in [0.5, 0.6) is 11.5 Å². The second-order valence-corrected chi connectivity index (χ2v) is 7.95. The van der Waals surface area contributed by atoms with Gasteiger partial charge < -0.3 is 17.7 Å². The molecule has 2 aromatic rings. The molecule has 0 aliphatic rings. The highest BCUT2D eigenvalue weighted by Crippen LogP contribution is 2.29. The first-order valence-electron chi connectivity index (χ1n) is 8.70. The lowest BCUT2D eigenvalue weighted by atomic mass is 10.1. The predicted molar refractivity (Wildman–Crippen MR) is 102 cm³/mol. The van der Waals surface area contributed by atoms with E-state index in [2.05, 4.69) is 26.0 Å². The van der Waals surface area contributed by atoms with Crippen LogP contribution in [0.2, 0.25) is 0 Å². The second kappa shape index (κ2) is 8.51. The van der Waals surface area contributed by atoms with Gasteiger partial charge in [0.2, 0.25) is 0 Å². The van der Waals surface area contributed by atoms with Gasteiger partial charge in [-0.15, -0.1) is 0 Å². The van der Waals surface area contributed by atoms with Crippen LogP contribution in [0.4, 0.5) is 0 Å². The van der Waals surface area contributed by atoms with Crippen LogP contribution in [0.3, 0.4) is 0 Å². The summed E-state index contributed by atoms with van der Waals surface area (Å²) in [6.07, 6.45) is 0. The van der Waals surface area contributed by atoms with E-state index < -0.39 is 9.05 Å². The van der Waals surface area contributed by atoms with Crippen LogP contribution in [0, 0.1) is 27.7 Å². The average molecular weight is 361 g/mol. The van der Waals surface area contributed by atoms with Crippen LogP contribution in [-0.4, -0.2) is 22.3 Å². The summed E-state index contributed by atoms with van der Waals surface area (Å²) in [7, 11) is -3.39. The van der Waals surface area contributed by atoms with Crippen LogP contribution < -0.4 is 8.85 Å². The third-order valence-electron chi connectivity index (χ3n) is 4.22. The van der Waals surface area contributed by atoms with Gasteiger partial charge in [0.25, 0.3) is 0 Å². The molecular weight excluding hydrogens is 332 g/mol. The maximum atomic E-state index is 6.27. The molecule has 0 aliphatic heterocycles. The fourth-order valence-electron chi connectivity index (χ4n) is 2.47. The molecule has 0 fully saturated rings. The van der Waals surface area contributed by atoms with Crippen LogP contribution >= 0.6 is 0 Å². The molecule has 136 valence electrons. The summed E-state index contributed by atoms with van der Waals surface area (Å²) in [6, 6.07) is 11.9. The van der Waals surface area contributed by atoms with Crippen molar-refractivity contribution in [3.63, 3.8) is 0 Å². The highest BCUT2D eigenvalue weighted by atomic mass is 28.4. The Balaban J connectivity index is 2.42. The molecule has 5 heteroatoms. The largest absolute Gasteiger partial charge is 0.820 e.